The summed E-state index contributed by atoms with van der Waals surface area (Å²) < 4.78 is 13.0. The van der Waals surface area contributed by atoms with Gasteiger partial charge in [-0.25, -0.2) is 9.78 Å². The van der Waals surface area contributed by atoms with Crippen LogP contribution in [0, 0.1) is 0 Å². The Bertz CT molecular complexity index is 1220. The number of aromatic nitrogens is 4. The smallest absolute Gasteiger partial charge is 0.410 e. The molecule has 0 spiro atoms. The lowest BCUT2D eigenvalue weighted by Gasteiger charge is -2.29. The number of halogens is 1. The van der Waals surface area contributed by atoms with Crippen molar-refractivity contribution >= 4 is 40.6 Å². The average molecular weight is 501 g/mol. The van der Waals surface area contributed by atoms with Gasteiger partial charge in [-0.15, -0.1) is 0 Å². The lowest BCUT2D eigenvalue weighted by molar-refractivity contribution is 0.0238. The van der Waals surface area contributed by atoms with E-state index in [0.717, 1.165) is 19.3 Å². The molecule has 2 amide bonds. The van der Waals surface area contributed by atoms with E-state index in [9.17, 15) is 9.59 Å². The van der Waals surface area contributed by atoms with Crippen molar-refractivity contribution in [2.24, 2.45) is 0 Å². The summed E-state index contributed by atoms with van der Waals surface area (Å²) in [5, 5.41) is 10.8. The lowest BCUT2D eigenvalue weighted by atomic mass is 10.1. The Morgan fingerprint density at radius 1 is 1.17 bits per heavy atom. The minimum atomic E-state index is -0.602. The molecule has 1 aromatic carbocycles. The SMILES string of the molecule is COc1ccc2nc(NC(=O)c3ccnnc3)n([C@@H]3CCCCN(C(=O)OC(C)(C)C)C3)c2c1Cl. The zero-order valence-corrected chi connectivity index (χ0v) is 21.0. The maximum Gasteiger partial charge on any atom is 0.410 e. The highest BCUT2D eigenvalue weighted by atomic mass is 35.5. The predicted octanol–water partition coefficient (Wildman–Crippen LogP) is 4.70. The standard InChI is InChI=1S/C24H29ClN6O4/c1-24(2,3)35-23(33)30-12-6-5-7-16(14-30)31-20-17(8-9-18(34-4)19(20)25)28-22(31)29-21(32)15-10-11-26-27-13-15/h8-11,13,16H,5-7,12,14H2,1-4H3,(H,28,29,32)/t16-/m1/s1. The molecule has 10 nitrogen and oxygen atoms in total. The van der Waals surface area contributed by atoms with Gasteiger partial charge in [0.25, 0.3) is 5.91 Å². The number of benzene rings is 1. The van der Waals surface area contributed by atoms with E-state index in [1.807, 2.05) is 25.3 Å². The number of hydrogen-bond donors (Lipinski definition) is 1. The maximum absolute atomic E-state index is 13.0. The van der Waals surface area contributed by atoms with Crippen LogP contribution in [0.5, 0.6) is 5.75 Å². The molecule has 1 fully saturated rings. The van der Waals surface area contributed by atoms with Crippen LogP contribution >= 0.6 is 11.6 Å². The Hall–Kier alpha value is -3.40. The van der Waals surface area contributed by atoms with E-state index >= 15 is 0 Å². The Kier molecular flexibility index (Phi) is 7.11. The van der Waals surface area contributed by atoms with E-state index in [-0.39, 0.29) is 18.0 Å². The van der Waals surface area contributed by atoms with E-state index in [0.29, 0.717) is 46.4 Å². The van der Waals surface area contributed by atoms with Crippen LogP contribution in [-0.4, -0.2) is 62.4 Å². The first-order valence-corrected chi connectivity index (χ1v) is 11.9. The number of hydrogen-bond acceptors (Lipinski definition) is 7. The van der Waals surface area contributed by atoms with Crippen LogP contribution in [0.4, 0.5) is 10.7 Å². The van der Waals surface area contributed by atoms with Crippen molar-refractivity contribution < 1.29 is 19.1 Å². The summed E-state index contributed by atoms with van der Waals surface area (Å²) in [6.45, 7) is 6.50. The van der Waals surface area contributed by atoms with Gasteiger partial charge in [0, 0.05) is 13.1 Å². The number of anilines is 1. The van der Waals surface area contributed by atoms with Gasteiger partial charge in [-0.05, 0) is 58.2 Å². The Balaban J connectivity index is 1.76. The molecule has 1 saturated heterocycles. The summed E-state index contributed by atoms with van der Waals surface area (Å²) in [6.07, 6.45) is 4.94. The first-order valence-electron chi connectivity index (χ1n) is 11.5. The van der Waals surface area contributed by atoms with Crippen molar-refractivity contribution in [3.8, 4) is 5.75 Å². The highest BCUT2D eigenvalue weighted by molar-refractivity contribution is 6.36. The minimum absolute atomic E-state index is 0.203. The quantitative estimate of drug-likeness (QED) is 0.552. The third-order valence-corrected chi connectivity index (χ3v) is 6.08. The highest BCUT2D eigenvalue weighted by Crippen LogP contribution is 2.38. The summed E-state index contributed by atoms with van der Waals surface area (Å²) in [6, 6.07) is 4.90. The number of methoxy groups -OCH3 is 1. The summed E-state index contributed by atoms with van der Waals surface area (Å²) in [5.74, 6) is 0.444. The molecule has 186 valence electrons. The lowest BCUT2D eigenvalue weighted by Crippen LogP contribution is -2.39. The number of amides is 2. The second kappa shape index (κ2) is 10.1. The van der Waals surface area contributed by atoms with Crippen molar-refractivity contribution in [1.29, 1.82) is 0 Å². The molecule has 0 aliphatic carbocycles. The third-order valence-electron chi connectivity index (χ3n) is 5.71. The Labute approximate surface area is 208 Å². The van der Waals surface area contributed by atoms with Gasteiger partial charge in [-0.3, -0.25) is 10.1 Å². The molecule has 0 unspecified atom stereocenters. The molecule has 1 aliphatic rings. The molecule has 3 heterocycles. The van der Waals surface area contributed by atoms with Crippen LogP contribution in [0.1, 0.15) is 56.4 Å². The van der Waals surface area contributed by atoms with E-state index in [1.54, 1.807) is 30.2 Å². The van der Waals surface area contributed by atoms with E-state index in [2.05, 4.69) is 20.5 Å². The zero-order chi connectivity index (χ0) is 25.2. The van der Waals surface area contributed by atoms with Gasteiger partial charge in [-0.1, -0.05) is 11.6 Å². The number of imidazole rings is 1. The molecular formula is C24H29ClN6O4. The van der Waals surface area contributed by atoms with Crippen LogP contribution in [0.15, 0.2) is 30.6 Å². The first-order chi connectivity index (χ1) is 16.7. The fourth-order valence-electron chi connectivity index (χ4n) is 4.15. The Morgan fingerprint density at radius 3 is 2.66 bits per heavy atom. The molecule has 1 atom stereocenters. The van der Waals surface area contributed by atoms with Gasteiger partial charge >= 0.3 is 6.09 Å². The van der Waals surface area contributed by atoms with Crippen LogP contribution in [0.25, 0.3) is 11.0 Å². The molecule has 0 radical (unpaired) electrons. The Morgan fingerprint density at radius 2 is 1.97 bits per heavy atom. The zero-order valence-electron chi connectivity index (χ0n) is 20.2. The maximum atomic E-state index is 13.0. The van der Waals surface area contributed by atoms with Crippen LogP contribution in [0.3, 0.4) is 0 Å². The van der Waals surface area contributed by atoms with Crippen molar-refractivity contribution in [2.45, 2.75) is 51.7 Å². The summed E-state index contributed by atoms with van der Waals surface area (Å²) in [5.41, 5.74) is 0.977. The van der Waals surface area contributed by atoms with Crippen LogP contribution < -0.4 is 10.1 Å². The molecule has 1 N–H and O–H groups in total. The second-order valence-electron chi connectivity index (χ2n) is 9.42. The highest BCUT2D eigenvalue weighted by Gasteiger charge is 2.30. The molecule has 0 bridgehead atoms. The van der Waals surface area contributed by atoms with Crippen LogP contribution in [0.2, 0.25) is 5.02 Å². The van der Waals surface area contributed by atoms with E-state index in [4.69, 9.17) is 21.1 Å². The van der Waals surface area contributed by atoms with Gasteiger partial charge in [0.2, 0.25) is 5.95 Å². The predicted molar refractivity (Wildman–Crippen MR) is 132 cm³/mol. The van der Waals surface area contributed by atoms with Gasteiger partial charge < -0.3 is 18.9 Å². The number of fused-ring (bicyclic) bond motifs is 1. The van der Waals surface area contributed by atoms with Gasteiger partial charge in [0.15, 0.2) is 0 Å². The molecule has 3 aromatic rings. The van der Waals surface area contributed by atoms with E-state index < -0.39 is 5.60 Å². The first kappa shape index (κ1) is 24.7. The normalized spacial score (nSPS) is 16.6. The van der Waals surface area contributed by atoms with Crippen molar-refractivity contribution in [2.75, 3.05) is 25.5 Å². The summed E-state index contributed by atoms with van der Waals surface area (Å²) in [4.78, 5) is 32.2. The minimum Gasteiger partial charge on any atom is -0.495 e. The molecule has 35 heavy (non-hydrogen) atoms. The van der Waals surface area contributed by atoms with E-state index in [1.165, 1.54) is 12.4 Å². The third kappa shape index (κ3) is 5.48. The van der Waals surface area contributed by atoms with Crippen molar-refractivity contribution in [3.05, 3.63) is 41.2 Å². The number of nitrogens with zero attached hydrogens (tertiary/aromatic N) is 5. The monoisotopic (exact) mass is 500 g/mol. The fraction of sp³-hybridized carbons (Fsp3) is 0.458. The number of nitrogens with one attached hydrogen (secondary N) is 1. The molecule has 1 aliphatic heterocycles. The molecule has 4 rings (SSSR count). The molecule has 0 saturated carbocycles. The average Bonchev–Trinajstić information content (AvgIpc) is 3.00. The number of ether oxygens (including phenoxy) is 2. The second-order valence-corrected chi connectivity index (χ2v) is 9.79. The van der Waals surface area contributed by atoms with Gasteiger partial charge in [0.1, 0.15) is 16.4 Å². The van der Waals surface area contributed by atoms with Crippen molar-refractivity contribution in [1.82, 2.24) is 24.6 Å². The van der Waals surface area contributed by atoms with Crippen LogP contribution in [-0.2, 0) is 4.74 Å². The van der Waals surface area contributed by atoms with Gasteiger partial charge in [0.05, 0.1) is 42.1 Å². The summed E-state index contributed by atoms with van der Waals surface area (Å²) in [7, 11) is 1.54. The number of carbonyl (C=O) groups excluding carboxylic acids is 2. The number of carbonyl (C=O) groups is 2. The molecular weight excluding hydrogens is 472 g/mol. The largest absolute Gasteiger partial charge is 0.495 e. The van der Waals surface area contributed by atoms with Gasteiger partial charge in [-0.2, -0.15) is 10.2 Å². The molecule has 2 aromatic heterocycles. The summed E-state index contributed by atoms with van der Waals surface area (Å²) >= 11 is 6.74. The number of rotatable bonds is 4. The number of likely N-dealkylation sites (tertiary alicyclic amines) is 1. The topological polar surface area (TPSA) is 111 Å². The fourth-order valence-corrected chi connectivity index (χ4v) is 4.48. The molecule has 11 heteroatoms. The van der Waals surface area contributed by atoms with Crippen molar-refractivity contribution in [3.63, 3.8) is 0 Å².